The van der Waals surface area contributed by atoms with E-state index in [1.54, 1.807) is 6.20 Å². The highest BCUT2D eigenvalue weighted by molar-refractivity contribution is 5.76. The highest BCUT2D eigenvalue weighted by Crippen LogP contribution is 2.28. The first-order chi connectivity index (χ1) is 8.67. The normalized spacial score (nSPS) is 17.9. The van der Waals surface area contributed by atoms with Crippen LogP contribution in [0.25, 0.3) is 0 Å². The number of carbonyl (C=O) groups excluding carboxylic acids is 1. The molecule has 2 rings (SSSR count). The highest BCUT2D eigenvalue weighted by atomic mass is 16.3. The van der Waals surface area contributed by atoms with Crippen molar-refractivity contribution in [2.24, 2.45) is 5.73 Å². The number of rotatable bonds is 5. The van der Waals surface area contributed by atoms with Gasteiger partial charge >= 0.3 is 0 Å². The molecule has 1 saturated carbocycles. The third-order valence-corrected chi connectivity index (χ3v) is 3.37. The lowest BCUT2D eigenvalue weighted by Crippen LogP contribution is -2.50. The molecule has 0 radical (unpaired) electrons. The third-order valence-electron chi connectivity index (χ3n) is 3.37. The van der Waals surface area contributed by atoms with Crippen LogP contribution in [0.5, 0.6) is 0 Å². The van der Waals surface area contributed by atoms with Crippen LogP contribution in [0.15, 0.2) is 6.20 Å². The van der Waals surface area contributed by atoms with Crippen molar-refractivity contribution in [3.05, 3.63) is 11.9 Å². The van der Waals surface area contributed by atoms with Crippen molar-refractivity contribution in [3.63, 3.8) is 0 Å². The summed E-state index contributed by atoms with van der Waals surface area (Å²) in [6.07, 6.45) is 5.41. The summed E-state index contributed by atoms with van der Waals surface area (Å²) < 4.78 is 1.46. The molecule has 0 aliphatic heterocycles. The Morgan fingerprint density at radius 2 is 2.28 bits per heavy atom. The molecule has 100 valence electrons. The molecule has 1 aliphatic carbocycles. The summed E-state index contributed by atoms with van der Waals surface area (Å²) in [6.45, 7) is 0.404. The number of nitrogens with zero attached hydrogens (tertiary/aromatic N) is 3. The highest BCUT2D eigenvalue weighted by Gasteiger charge is 2.34. The Labute approximate surface area is 105 Å². The van der Waals surface area contributed by atoms with Gasteiger partial charge in [-0.05, 0) is 12.8 Å². The summed E-state index contributed by atoms with van der Waals surface area (Å²) in [5.41, 5.74) is 5.64. The Balaban J connectivity index is 1.91. The smallest absolute Gasteiger partial charge is 0.242 e. The topological polar surface area (TPSA) is 106 Å². The minimum Gasteiger partial charge on any atom is -0.394 e. The van der Waals surface area contributed by atoms with E-state index in [-0.39, 0.29) is 19.1 Å². The minimum absolute atomic E-state index is 0.00977. The maximum Gasteiger partial charge on any atom is 0.242 e. The molecule has 7 nitrogen and oxygen atoms in total. The Bertz CT molecular complexity index is 411. The van der Waals surface area contributed by atoms with Gasteiger partial charge in [-0.2, -0.15) is 0 Å². The van der Waals surface area contributed by atoms with Crippen LogP contribution in [0.1, 0.15) is 31.4 Å². The van der Waals surface area contributed by atoms with Crippen LogP contribution in [0.4, 0.5) is 0 Å². The Morgan fingerprint density at radius 3 is 2.83 bits per heavy atom. The first-order valence-corrected chi connectivity index (χ1v) is 6.18. The maximum atomic E-state index is 11.9. The molecule has 18 heavy (non-hydrogen) atoms. The Kier molecular flexibility index (Phi) is 3.93. The molecule has 1 fully saturated rings. The second kappa shape index (κ2) is 5.45. The number of aromatic nitrogens is 3. The number of nitrogens with two attached hydrogens (primary N) is 1. The summed E-state index contributed by atoms with van der Waals surface area (Å²) in [5, 5.41) is 19.9. The zero-order chi connectivity index (χ0) is 13.0. The average molecular weight is 253 g/mol. The van der Waals surface area contributed by atoms with E-state index >= 15 is 0 Å². The van der Waals surface area contributed by atoms with E-state index in [4.69, 9.17) is 5.73 Å². The molecule has 1 aromatic rings. The number of hydrogen-bond acceptors (Lipinski definition) is 5. The quantitative estimate of drug-likeness (QED) is 0.634. The van der Waals surface area contributed by atoms with E-state index in [0.29, 0.717) is 12.2 Å². The van der Waals surface area contributed by atoms with E-state index in [0.717, 1.165) is 25.7 Å². The number of amides is 1. The van der Waals surface area contributed by atoms with Crippen molar-refractivity contribution < 1.29 is 9.90 Å². The van der Waals surface area contributed by atoms with E-state index in [1.165, 1.54) is 4.68 Å². The molecule has 0 aromatic carbocycles. The van der Waals surface area contributed by atoms with Gasteiger partial charge in [-0.25, -0.2) is 4.68 Å². The fourth-order valence-electron chi connectivity index (χ4n) is 2.37. The van der Waals surface area contributed by atoms with Gasteiger partial charge in [0.25, 0.3) is 0 Å². The maximum absolute atomic E-state index is 11.9. The van der Waals surface area contributed by atoms with Crippen LogP contribution in [0.3, 0.4) is 0 Å². The number of hydrogen-bond donors (Lipinski definition) is 3. The van der Waals surface area contributed by atoms with Gasteiger partial charge in [-0.3, -0.25) is 4.79 Å². The molecule has 4 N–H and O–H groups in total. The summed E-state index contributed by atoms with van der Waals surface area (Å²) in [5.74, 6) is -0.153. The van der Waals surface area contributed by atoms with Crippen LogP contribution >= 0.6 is 0 Å². The van der Waals surface area contributed by atoms with Gasteiger partial charge < -0.3 is 16.2 Å². The van der Waals surface area contributed by atoms with Crippen molar-refractivity contribution in [1.29, 1.82) is 0 Å². The fraction of sp³-hybridized carbons (Fsp3) is 0.727. The van der Waals surface area contributed by atoms with Gasteiger partial charge in [0.1, 0.15) is 6.54 Å². The molecular formula is C11H19N5O2. The van der Waals surface area contributed by atoms with E-state index < -0.39 is 5.54 Å². The first kappa shape index (κ1) is 13.0. The molecule has 0 saturated heterocycles. The lowest BCUT2D eigenvalue weighted by atomic mass is 9.99. The predicted molar refractivity (Wildman–Crippen MR) is 64.3 cm³/mol. The predicted octanol–water partition coefficient (Wildman–Crippen LogP) is -0.842. The second-order valence-corrected chi connectivity index (χ2v) is 4.81. The van der Waals surface area contributed by atoms with Crippen molar-refractivity contribution in [3.8, 4) is 0 Å². The van der Waals surface area contributed by atoms with Gasteiger partial charge in [-0.15, -0.1) is 5.10 Å². The van der Waals surface area contributed by atoms with Crippen LogP contribution in [-0.4, -0.2) is 38.2 Å². The van der Waals surface area contributed by atoms with E-state index in [2.05, 4.69) is 15.6 Å². The number of aliphatic hydroxyl groups is 1. The summed E-state index contributed by atoms with van der Waals surface area (Å²) in [6, 6.07) is 0. The Hall–Kier alpha value is -1.47. The first-order valence-electron chi connectivity index (χ1n) is 6.18. The minimum atomic E-state index is -0.436. The summed E-state index contributed by atoms with van der Waals surface area (Å²) in [4.78, 5) is 11.9. The third kappa shape index (κ3) is 2.85. The average Bonchev–Trinajstić information content (AvgIpc) is 2.99. The number of aliphatic hydroxyl groups excluding tert-OH is 1. The standard InChI is InChI=1S/C11H19N5O2/c12-5-9-6-16(15-14-9)7-10(18)13-11(8-17)3-1-2-4-11/h6,17H,1-5,7-8,12H2,(H,13,18). The van der Waals surface area contributed by atoms with Crippen molar-refractivity contribution in [1.82, 2.24) is 20.3 Å². The monoisotopic (exact) mass is 253 g/mol. The molecule has 0 unspecified atom stereocenters. The van der Waals surface area contributed by atoms with Crippen molar-refractivity contribution >= 4 is 5.91 Å². The molecule has 7 heteroatoms. The van der Waals surface area contributed by atoms with Gasteiger partial charge in [0.15, 0.2) is 0 Å². The summed E-state index contributed by atoms with van der Waals surface area (Å²) in [7, 11) is 0. The molecule has 0 bridgehead atoms. The van der Waals surface area contributed by atoms with Gasteiger partial charge in [0, 0.05) is 6.54 Å². The van der Waals surface area contributed by atoms with Gasteiger partial charge in [0.2, 0.25) is 5.91 Å². The van der Waals surface area contributed by atoms with Crippen LogP contribution in [0.2, 0.25) is 0 Å². The van der Waals surface area contributed by atoms with E-state index in [9.17, 15) is 9.90 Å². The SMILES string of the molecule is NCc1cn(CC(=O)NC2(CO)CCCC2)nn1. The molecule has 0 spiro atoms. The molecule has 0 atom stereocenters. The zero-order valence-electron chi connectivity index (χ0n) is 10.3. The van der Waals surface area contributed by atoms with Crippen LogP contribution in [0, 0.1) is 0 Å². The van der Waals surface area contributed by atoms with Crippen molar-refractivity contribution in [2.45, 2.75) is 44.3 Å². The van der Waals surface area contributed by atoms with Crippen LogP contribution < -0.4 is 11.1 Å². The fourth-order valence-corrected chi connectivity index (χ4v) is 2.37. The van der Waals surface area contributed by atoms with Gasteiger partial charge in [-0.1, -0.05) is 18.1 Å². The number of nitrogens with one attached hydrogen (secondary N) is 1. The molecular weight excluding hydrogens is 234 g/mol. The zero-order valence-corrected chi connectivity index (χ0v) is 10.3. The molecule has 1 heterocycles. The van der Waals surface area contributed by atoms with Crippen molar-refractivity contribution in [2.75, 3.05) is 6.61 Å². The molecule has 1 aromatic heterocycles. The van der Waals surface area contributed by atoms with E-state index in [1.807, 2.05) is 0 Å². The summed E-state index contributed by atoms with van der Waals surface area (Å²) >= 11 is 0. The van der Waals surface area contributed by atoms with Gasteiger partial charge in [0.05, 0.1) is 24.0 Å². The Morgan fingerprint density at radius 1 is 1.56 bits per heavy atom. The lowest BCUT2D eigenvalue weighted by Gasteiger charge is -2.27. The largest absolute Gasteiger partial charge is 0.394 e. The second-order valence-electron chi connectivity index (χ2n) is 4.81. The molecule has 1 amide bonds. The lowest BCUT2D eigenvalue weighted by molar-refractivity contribution is -0.124. The number of carbonyl (C=O) groups is 1. The van der Waals surface area contributed by atoms with Crippen LogP contribution in [-0.2, 0) is 17.9 Å². The molecule has 1 aliphatic rings.